The fourth-order valence-electron chi connectivity index (χ4n) is 3.17. The standard InChI is InChI=1S/C16H18N4O3S/c21-15-3-1-2-11-8-13(4-5-14(11)19-15)24(22,23)20-9-12(10-20)16-17-6-7-18-16/h4-8,12H,1-3,9-10H2,(H,17,18)(H,19,21). The first-order chi connectivity index (χ1) is 11.5. The highest BCUT2D eigenvalue weighted by Gasteiger charge is 2.38. The van der Waals surface area contributed by atoms with Crippen LogP contribution in [0.4, 0.5) is 5.69 Å². The van der Waals surface area contributed by atoms with Crippen molar-refractivity contribution in [3.05, 3.63) is 42.0 Å². The summed E-state index contributed by atoms with van der Waals surface area (Å²) in [6.45, 7) is 0.868. The van der Waals surface area contributed by atoms with Gasteiger partial charge >= 0.3 is 0 Å². The number of hydrogen-bond donors (Lipinski definition) is 2. The van der Waals surface area contributed by atoms with E-state index in [-0.39, 0.29) is 16.7 Å². The van der Waals surface area contributed by atoms with Crippen LogP contribution in [0.5, 0.6) is 0 Å². The number of nitrogens with one attached hydrogen (secondary N) is 2. The summed E-state index contributed by atoms with van der Waals surface area (Å²) in [6, 6.07) is 4.95. The summed E-state index contributed by atoms with van der Waals surface area (Å²) >= 11 is 0. The number of carbonyl (C=O) groups excluding carboxylic acids is 1. The summed E-state index contributed by atoms with van der Waals surface area (Å²) in [5.41, 5.74) is 1.60. The molecule has 0 unspecified atom stereocenters. The summed E-state index contributed by atoms with van der Waals surface area (Å²) in [5, 5.41) is 2.82. The highest BCUT2D eigenvalue weighted by atomic mass is 32.2. The molecule has 7 nitrogen and oxygen atoms in total. The van der Waals surface area contributed by atoms with Crippen molar-refractivity contribution in [2.45, 2.75) is 30.1 Å². The Labute approximate surface area is 140 Å². The maximum atomic E-state index is 12.8. The maximum Gasteiger partial charge on any atom is 0.243 e. The van der Waals surface area contributed by atoms with Crippen molar-refractivity contribution in [3.8, 4) is 0 Å². The van der Waals surface area contributed by atoms with Crippen LogP contribution in [-0.2, 0) is 21.2 Å². The van der Waals surface area contributed by atoms with E-state index in [0.29, 0.717) is 31.6 Å². The van der Waals surface area contributed by atoms with Gasteiger partial charge in [-0.3, -0.25) is 4.79 Å². The zero-order valence-corrected chi connectivity index (χ0v) is 13.8. The number of aryl methyl sites for hydroxylation is 1. The Balaban J connectivity index is 1.55. The first-order valence-corrected chi connectivity index (χ1v) is 9.40. The predicted molar refractivity (Wildman–Crippen MR) is 88.1 cm³/mol. The zero-order valence-electron chi connectivity index (χ0n) is 13.0. The quantitative estimate of drug-likeness (QED) is 0.880. The molecule has 1 amide bonds. The highest BCUT2D eigenvalue weighted by molar-refractivity contribution is 7.89. The van der Waals surface area contributed by atoms with E-state index in [1.54, 1.807) is 30.6 Å². The van der Waals surface area contributed by atoms with E-state index in [4.69, 9.17) is 0 Å². The van der Waals surface area contributed by atoms with E-state index in [1.807, 2.05) is 0 Å². The molecule has 1 saturated heterocycles. The highest BCUT2D eigenvalue weighted by Crippen LogP contribution is 2.32. The number of rotatable bonds is 3. The Morgan fingerprint density at radius 3 is 2.79 bits per heavy atom. The van der Waals surface area contributed by atoms with Gasteiger partial charge in [0.15, 0.2) is 0 Å². The molecule has 0 atom stereocenters. The molecule has 3 heterocycles. The Morgan fingerprint density at radius 2 is 2.04 bits per heavy atom. The van der Waals surface area contributed by atoms with Gasteiger partial charge < -0.3 is 10.3 Å². The zero-order chi connectivity index (χ0) is 16.7. The Bertz CT molecular complexity index is 871. The molecular weight excluding hydrogens is 328 g/mol. The van der Waals surface area contributed by atoms with E-state index in [1.165, 1.54) is 4.31 Å². The van der Waals surface area contributed by atoms with Crippen molar-refractivity contribution in [2.24, 2.45) is 0 Å². The first-order valence-electron chi connectivity index (χ1n) is 7.96. The Kier molecular flexibility index (Phi) is 3.65. The molecule has 2 aliphatic heterocycles. The van der Waals surface area contributed by atoms with Gasteiger partial charge in [-0.15, -0.1) is 0 Å². The van der Waals surface area contributed by atoms with Crippen molar-refractivity contribution >= 4 is 21.6 Å². The van der Waals surface area contributed by atoms with Crippen molar-refractivity contribution in [1.29, 1.82) is 0 Å². The number of aromatic amines is 1. The number of imidazole rings is 1. The minimum atomic E-state index is -3.51. The number of aromatic nitrogens is 2. The lowest BCUT2D eigenvalue weighted by Gasteiger charge is -2.37. The summed E-state index contributed by atoms with van der Waals surface area (Å²) in [4.78, 5) is 19.1. The number of carbonyl (C=O) groups is 1. The number of fused-ring (bicyclic) bond motifs is 1. The molecule has 0 bridgehead atoms. The monoisotopic (exact) mass is 346 g/mol. The minimum absolute atomic E-state index is 0.0200. The van der Waals surface area contributed by atoms with Crippen LogP contribution < -0.4 is 5.32 Å². The van der Waals surface area contributed by atoms with Gasteiger partial charge in [-0.25, -0.2) is 13.4 Å². The molecule has 0 saturated carbocycles. The van der Waals surface area contributed by atoms with E-state index in [9.17, 15) is 13.2 Å². The molecule has 0 radical (unpaired) electrons. The number of H-pyrrole nitrogens is 1. The largest absolute Gasteiger partial charge is 0.348 e. The lowest BCUT2D eigenvalue weighted by atomic mass is 10.0. The fourth-order valence-corrected chi connectivity index (χ4v) is 4.75. The van der Waals surface area contributed by atoms with Gasteiger partial charge in [0.25, 0.3) is 0 Å². The molecule has 2 aliphatic rings. The van der Waals surface area contributed by atoms with Crippen molar-refractivity contribution in [3.63, 3.8) is 0 Å². The number of benzene rings is 1. The number of anilines is 1. The molecule has 2 aromatic rings. The predicted octanol–water partition coefficient (Wildman–Crippen LogP) is 1.47. The fraction of sp³-hybridized carbons (Fsp3) is 0.375. The van der Waals surface area contributed by atoms with E-state index >= 15 is 0 Å². The van der Waals surface area contributed by atoms with Crippen LogP contribution in [0.15, 0.2) is 35.5 Å². The van der Waals surface area contributed by atoms with Crippen LogP contribution in [0.1, 0.15) is 30.1 Å². The second kappa shape index (κ2) is 5.71. The van der Waals surface area contributed by atoms with Gasteiger partial charge in [-0.05, 0) is 36.6 Å². The number of amides is 1. The third-order valence-corrected chi connectivity index (χ3v) is 6.42. The number of nitrogens with zero attached hydrogens (tertiary/aromatic N) is 2. The van der Waals surface area contributed by atoms with Gasteiger partial charge in [0.2, 0.25) is 15.9 Å². The summed E-state index contributed by atoms with van der Waals surface area (Å²) in [5.74, 6) is 0.925. The molecule has 0 aliphatic carbocycles. The van der Waals surface area contributed by atoms with Crippen LogP contribution in [0.25, 0.3) is 0 Å². The molecule has 2 N–H and O–H groups in total. The second-order valence-electron chi connectivity index (χ2n) is 6.21. The molecule has 1 aromatic heterocycles. The lowest BCUT2D eigenvalue weighted by molar-refractivity contribution is -0.116. The van der Waals surface area contributed by atoms with Gasteiger partial charge in [0, 0.05) is 43.5 Å². The third-order valence-electron chi connectivity index (χ3n) is 4.59. The number of sulfonamides is 1. The van der Waals surface area contributed by atoms with Crippen LogP contribution in [-0.4, -0.2) is 41.7 Å². The first kappa shape index (κ1) is 15.3. The smallest absolute Gasteiger partial charge is 0.243 e. The van der Waals surface area contributed by atoms with Gasteiger partial charge in [-0.2, -0.15) is 4.31 Å². The summed E-state index contributed by atoms with van der Waals surface area (Å²) in [6.07, 6.45) is 5.31. The summed E-state index contributed by atoms with van der Waals surface area (Å²) in [7, 11) is -3.51. The molecule has 8 heteroatoms. The van der Waals surface area contributed by atoms with Crippen molar-refractivity contribution in [2.75, 3.05) is 18.4 Å². The molecule has 126 valence electrons. The van der Waals surface area contributed by atoms with E-state index < -0.39 is 10.0 Å². The van der Waals surface area contributed by atoms with E-state index in [2.05, 4.69) is 15.3 Å². The molecule has 1 aromatic carbocycles. The minimum Gasteiger partial charge on any atom is -0.348 e. The van der Waals surface area contributed by atoms with Crippen LogP contribution >= 0.6 is 0 Å². The van der Waals surface area contributed by atoms with Crippen molar-refractivity contribution in [1.82, 2.24) is 14.3 Å². The average Bonchev–Trinajstić information content (AvgIpc) is 2.93. The van der Waals surface area contributed by atoms with Crippen LogP contribution in [0, 0.1) is 0 Å². The Morgan fingerprint density at radius 1 is 1.21 bits per heavy atom. The van der Waals surface area contributed by atoms with Gasteiger partial charge in [0.05, 0.1) is 4.90 Å². The molecular formula is C16H18N4O3S. The Hall–Kier alpha value is -2.19. The lowest BCUT2D eigenvalue weighted by Crippen LogP contribution is -2.48. The van der Waals surface area contributed by atoms with Crippen LogP contribution in [0.3, 0.4) is 0 Å². The molecule has 0 spiro atoms. The molecule has 4 rings (SSSR count). The third kappa shape index (κ3) is 2.61. The molecule has 24 heavy (non-hydrogen) atoms. The topological polar surface area (TPSA) is 95.2 Å². The average molecular weight is 346 g/mol. The summed E-state index contributed by atoms with van der Waals surface area (Å²) < 4.78 is 27.0. The van der Waals surface area contributed by atoms with Gasteiger partial charge in [0.1, 0.15) is 5.82 Å². The van der Waals surface area contributed by atoms with Crippen LogP contribution in [0.2, 0.25) is 0 Å². The SMILES string of the molecule is O=C1CCCc2cc(S(=O)(=O)N3CC(c4ncc[nH]4)C3)ccc2N1. The van der Waals surface area contributed by atoms with Gasteiger partial charge in [-0.1, -0.05) is 0 Å². The van der Waals surface area contributed by atoms with E-state index in [0.717, 1.165) is 17.8 Å². The van der Waals surface area contributed by atoms with Crippen molar-refractivity contribution < 1.29 is 13.2 Å². The molecule has 1 fully saturated rings. The normalized spacial score (nSPS) is 19.2. The number of hydrogen-bond acceptors (Lipinski definition) is 4. The maximum absolute atomic E-state index is 12.8. The second-order valence-corrected chi connectivity index (χ2v) is 8.15.